The van der Waals surface area contributed by atoms with Crippen molar-refractivity contribution >= 4 is 5.91 Å². The number of hydrogen-bond donors (Lipinski definition) is 0. The zero-order chi connectivity index (χ0) is 16.7. The lowest BCUT2D eigenvalue weighted by molar-refractivity contribution is -0.132. The normalized spacial score (nSPS) is 24.3. The van der Waals surface area contributed by atoms with Crippen molar-refractivity contribution in [2.75, 3.05) is 14.1 Å². The van der Waals surface area contributed by atoms with Crippen LogP contribution in [0.5, 0.6) is 0 Å². The Morgan fingerprint density at radius 2 is 2.05 bits per heavy atom. The third-order valence-corrected chi connectivity index (χ3v) is 4.72. The van der Waals surface area contributed by atoms with Crippen molar-refractivity contribution in [3.05, 3.63) is 12.2 Å². The van der Waals surface area contributed by atoms with E-state index in [0.29, 0.717) is 12.0 Å². The van der Waals surface area contributed by atoms with Crippen molar-refractivity contribution in [1.82, 2.24) is 4.90 Å². The molecule has 0 radical (unpaired) electrons. The molecule has 0 spiro atoms. The molecule has 1 aliphatic heterocycles. The third-order valence-electron chi connectivity index (χ3n) is 4.72. The van der Waals surface area contributed by atoms with Crippen LogP contribution in [0.15, 0.2) is 12.2 Å². The van der Waals surface area contributed by atoms with Crippen molar-refractivity contribution in [1.29, 1.82) is 0 Å². The highest BCUT2D eigenvalue weighted by Gasteiger charge is 2.28. The Bertz CT molecular complexity index is 364. The van der Waals surface area contributed by atoms with Gasteiger partial charge in [0, 0.05) is 20.0 Å². The van der Waals surface area contributed by atoms with Gasteiger partial charge in [-0.05, 0) is 43.6 Å². The van der Waals surface area contributed by atoms with Gasteiger partial charge >= 0.3 is 0 Å². The molecule has 1 aliphatic rings. The molecule has 22 heavy (non-hydrogen) atoms. The van der Waals surface area contributed by atoms with Crippen LogP contribution in [0.2, 0.25) is 0 Å². The van der Waals surface area contributed by atoms with E-state index in [1.165, 1.54) is 18.4 Å². The lowest BCUT2D eigenvalue weighted by atomic mass is 9.91. The van der Waals surface area contributed by atoms with Crippen molar-refractivity contribution in [3.8, 4) is 0 Å². The Kier molecular flexibility index (Phi) is 8.16. The van der Waals surface area contributed by atoms with Gasteiger partial charge in [0.25, 0.3) is 0 Å². The van der Waals surface area contributed by atoms with Gasteiger partial charge in [-0.1, -0.05) is 40.2 Å². The molecule has 1 rings (SSSR count). The summed E-state index contributed by atoms with van der Waals surface area (Å²) in [6.07, 6.45) is 8.41. The Morgan fingerprint density at radius 3 is 2.64 bits per heavy atom. The summed E-state index contributed by atoms with van der Waals surface area (Å²) in [5.74, 6) is 0.882. The summed E-state index contributed by atoms with van der Waals surface area (Å²) in [7, 11) is 3.66. The fourth-order valence-corrected chi connectivity index (χ4v) is 3.37. The second kappa shape index (κ2) is 9.34. The summed E-state index contributed by atoms with van der Waals surface area (Å²) >= 11 is 0. The van der Waals surface area contributed by atoms with Crippen LogP contribution >= 0.6 is 0 Å². The van der Waals surface area contributed by atoms with E-state index in [-0.39, 0.29) is 17.9 Å². The quantitative estimate of drug-likeness (QED) is 0.590. The largest absolute Gasteiger partial charge is 0.370 e. The molecular weight excluding hydrogens is 274 g/mol. The van der Waals surface area contributed by atoms with Crippen molar-refractivity contribution in [2.24, 2.45) is 11.8 Å². The van der Waals surface area contributed by atoms with E-state index in [9.17, 15) is 4.79 Å². The number of ether oxygens (including phenoxy) is 1. The Morgan fingerprint density at radius 1 is 1.36 bits per heavy atom. The van der Waals surface area contributed by atoms with Gasteiger partial charge in [0.15, 0.2) is 0 Å². The lowest BCUT2D eigenvalue weighted by Crippen LogP contribution is -2.29. The molecule has 4 atom stereocenters. The zero-order valence-electron chi connectivity index (χ0n) is 15.2. The van der Waals surface area contributed by atoms with E-state index >= 15 is 0 Å². The van der Waals surface area contributed by atoms with E-state index in [1.807, 2.05) is 21.0 Å². The monoisotopic (exact) mass is 309 g/mol. The average molecular weight is 309 g/mol. The van der Waals surface area contributed by atoms with E-state index in [0.717, 1.165) is 32.1 Å². The Labute approximate surface area is 137 Å². The summed E-state index contributed by atoms with van der Waals surface area (Å²) in [6, 6.07) is 0. The van der Waals surface area contributed by atoms with Crippen molar-refractivity contribution < 1.29 is 9.53 Å². The molecule has 0 N–H and O–H groups in total. The molecule has 0 aromatic rings. The molecular formula is C19H35NO2. The molecule has 1 heterocycles. The predicted octanol–water partition coefficient (Wildman–Crippen LogP) is 4.42. The highest BCUT2D eigenvalue weighted by molar-refractivity contribution is 5.77. The van der Waals surface area contributed by atoms with Crippen LogP contribution in [-0.4, -0.2) is 37.1 Å². The molecule has 3 nitrogen and oxygen atoms in total. The standard InChI is InChI=1S/C19H35NO2/c1-7-8-9-17-13-15(3)18(22-17)11-10-14(2)12-16(4)19(21)20(5)6/h14,16-18H,3,7-13H2,1-2,4-6H3/t14-,16-,17+,18+/m1/s1. The maximum atomic E-state index is 11.9. The summed E-state index contributed by atoms with van der Waals surface area (Å²) in [5.41, 5.74) is 1.27. The summed E-state index contributed by atoms with van der Waals surface area (Å²) in [4.78, 5) is 13.6. The minimum Gasteiger partial charge on any atom is -0.370 e. The van der Waals surface area contributed by atoms with Gasteiger partial charge in [-0.3, -0.25) is 4.79 Å². The van der Waals surface area contributed by atoms with Gasteiger partial charge in [-0.15, -0.1) is 0 Å². The second-order valence-electron chi connectivity index (χ2n) is 7.30. The number of hydrogen-bond acceptors (Lipinski definition) is 2. The van der Waals surface area contributed by atoms with Gasteiger partial charge in [0.1, 0.15) is 0 Å². The van der Waals surface area contributed by atoms with Gasteiger partial charge < -0.3 is 9.64 Å². The molecule has 0 aromatic heterocycles. The lowest BCUT2D eigenvalue weighted by Gasteiger charge is -2.21. The molecule has 0 bridgehead atoms. The maximum Gasteiger partial charge on any atom is 0.224 e. The summed E-state index contributed by atoms with van der Waals surface area (Å²) < 4.78 is 6.14. The van der Waals surface area contributed by atoms with Crippen molar-refractivity contribution in [3.63, 3.8) is 0 Å². The number of amides is 1. The molecule has 128 valence electrons. The van der Waals surface area contributed by atoms with Crippen LogP contribution in [0, 0.1) is 11.8 Å². The first kappa shape index (κ1) is 19.2. The first-order chi connectivity index (χ1) is 10.3. The minimum atomic E-state index is 0.106. The molecule has 1 amide bonds. The smallest absolute Gasteiger partial charge is 0.224 e. The van der Waals surface area contributed by atoms with Gasteiger partial charge in [0.05, 0.1) is 12.2 Å². The first-order valence-electron chi connectivity index (χ1n) is 8.89. The summed E-state index contributed by atoms with van der Waals surface area (Å²) in [6.45, 7) is 10.7. The van der Waals surface area contributed by atoms with Crippen LogP contribution in [0.3, 0.4) is 0 Å². The van der Waals surface area contributed by atoms with Crippen molar-refractivity contribution in [2.45, 2.75) is 77.9 Å². The molecule has 0 unspecified atom stereocenters. The highest BCUT2D eigenvalue weighted by atomic mass is 16.5. The topological polar surface area (TPSA) is 29.5 Å². The average Bonchev–Trinajstić information content (AvgIpc) is 2.82. The number of rotatable bonds is 9. The molecule has 1 fully saturated rings. The van der Waals surface area contributed by atoms with E-state index in [2.05, 4.69) is 20.4 Å². The van der Waals surface area contributed by atoms with Crippen LogP contribution in [-0.2, 0) is 9.53 Å². The minimum absolute atomic E-state index is 0.106. The maximum absolute atomic E-state index is 11.9. The SMILES string of the molecule is C=C1C[C@H](CCCC)O[C@H]1CC[C@@H](C)C[C@@H](C)C(=O)N(C)C. The fourth-order valence-electron chi connectivity index (χ4n) is 3.37. The first-order valence-corrected chi connectivity index (χ1v) is 8.89. The fraction of sp³-hybridized carbons (Fsp3) is 0.842. The van der Waals surface area contributed by atoms with Gasteiger partial charge in [0.2, 0.25) is 5.91 Å². The highest BCUT2D eigenvalue weighted by Crippen LogP contribution is 2.31. The number of nitrogens with zero attached hydrogens (tertiary/aromatic N) is 1. The molecule has 0 saturated carbocycles. The van der Waals surface area contributed by atoms with Crippen LogP contribution < -0.4 is 0 Å². The van der Waals surface area contributed by atoms with Crippen LogP contribution in [0.25, 0.3) is 0 Å². The van der Waals surface area contributed by atoms with Crippen LogP contribution in [0.4, 0.5) is 0 Å². The third kappa shape index (κ3) is 6.12. The van der Waals surface area contributed by atoms with E-state index in [4.69, 9.17) is 4.74 Å². The molecule has 0 aliphatic carbocycles. The Balaban J connectivity index is 2.30. The van der Waals surface area contributed by atoms with E-state index < -0.39 is 0 Å². The molecule has 1 saturated heterocycles. The Hall–Kier alpha value is -0.830. The summed E-state index contributed by atoms with van der Waals surface area (Å²) in [5, 5.41) is 0. The number of carbonyl (C=O) groups excluding carboxylic acids is 1. The predicted molar refractivity (Wildman–Crippen MR) is 92.8 cm³/mol. The van der Waals surface area contributed by atoms with Gasteiger partial charge in [-0.25, -0.2) is 0 Å². The van der Waals surface area contributed by atoms with Gasteiger partial charge in [-0.2, -0.15) is 0 Å². The molecule has 3 heteroatoms. The number of unbranched alkanes of at least 4 members (excludes halogenated alkanes) is 1. The van der Waals surface area contributed by atoms with Crippen LogP contribution in [0.1, 0.15) is 65.7 Å². The number of carbonyl (C=O) groups is 1. The second-order valence-corrected chi connectivity index (χ2v) is 7.30. The molecule has 0 aromatic carbocycles. The van der Waals surface area contributed by atoms with E-state index in [1.54, 1.807) is 4.90 Å². The zero-order valence-corrected chi connectivity index (χ0v) is 15.2.